The van der Waals surface area contributed by atoms with Crippen LogP contribution in [-0.2, 0) is 4.79 Å². The number of amides is 1. The lowest BCUT2D eigenvalue weighted by atomic mass is 10.2. The van der Waals surface area contributed by atoms with E-state index in [9.17, 15) is 4.79 Å². The summed E-state index contributed by atoms with van der Waals surface area (Å²) in [5, 5.41) is 0. The fourth-order valence-electron chi connectivity index (χ4n) is 2.75. The van der Waals surface area contributed by atoms with Crippen LogP contribution in [0.25, 0.3) is 0 Å². The Hall–Kier alpha value is -0.610. The van der Waals surface area contributed by atoms with Crippen LogP contribution >= 0.6 is 0 Å². The van der Waals surface area contributed by atoms with E-state index in [1.807, 2.05) is 11.9 Å². The lowest BCUT2D eigenvalue weighted by Crippen LogP contribution is -2.37. The predicted molar refractivity (Wildman–Crippen MR) is 75.4 cm³/mol. The van der Waals surface area contributed by atoms with Crippen LogP contribution in [0.5, 0.6) is 0 Å². The Morgan fingerprint density at radius 2 is 1.94 bits per heavy atom. The van der Waals surface area contributed by atoms with E-state index in [2.05, 4.69) is 11.8 Å². The average Bonchev–Trinajstić information content (AvgIpc) is 2.90. The zero-order valence-electron chi connectivity index (χ0n) is 12.0. The van der Waals surface area contributed by atoms with E-state index >= 15 is 0 Å². The molecule has 0 bridgehead atoms. The fourth-order valence-corrected chi connectivity index (χ4v) is 2.75. The fraction of sp³-hybridized carbons (Fsp3) is 0.929. The van der Waals surface area contributed by atoms with Crippen LogP contribution in [-0.4, -0.2) is 55.0 Å². The SMILES string of the molecule is CCN(CCC(=O)N(C)CCCN)C1CCCC1. The molecule has 2 N–H and O–H groups in total. The van der Waals surface area contributed by atoms with Gasteiger partial charge >= 0.3 is 0 Å². The highest BCUT2D eigenvalue weighted by Gasteiger charge is 2.21. The van der Waals surface area contributed by atoms with Gasteiger partial charge in [-0.2, -0.15) is 0 Å². The first-order valence-electron chi connectivity index (χ1n) is 7.37. The minimum Gasteiger partial charge on any atom is -0.346 e. The Kier molecular flexibility index (Phi) is 7.28. The molecule has 0 unspecified atom stereocenters. The van der Waals surface area contributed by atoms with Crippen molar-refractivity contribution in [1.82, 2.24) is 9.80 Å². The van der Waals surface area contributed by atoms with Crippen LogP contribution in [0.4, 0.5) is 0 Å². The van der Waals surface area contributed by atoms with Gasteiger partial charge in [0.1, 0.15) is 0 Å². The van der Waals surface area contributed by atoms with E-state index in [1.165, 1.54) is 25.7 Å². The molecule has 0 radical (unpaired) electrons. The maximum absolute atomic E-state index is 11.9. The van der Waals surface area contributed by atoms with Crippen LogP contribution in [0.15, 0.2) is 0 Å². The van der Waals surface area contributed by atoms with Crippen molar-refractivity contribution in [2.24, 2.45) is 5.73 Å². The second kappa shape index (κ2) is 8.48. The summed E-state index contributed by atoms with van der Waals surface area (Å²) in [4.78, 5) is 16.2. The molecule has 0 aliphatic heterocycles. The van der Waals surface area contributed by atoms with E-state index in [0.717, 1.165) is 32.1 Å². The van der Waals surface area contributed by atoms with E-state index in [0.29, 0.717) is 13.0 Å². The van der Waals surface area contributed by atoms with Crippen molar-refractivity contribution in [3.8, 4) is 0 Å². The Morgan fingerprint density at radius 1 is 1.28 bits per heavy atom. The van der Waals surface area contributed by atoms with Gasteiger partial charge in [0, 0.05) is 32.6 Å². The zero-order valence-corrected chi connectivity index (χ0v) is 12.0. The topological polar surface area (TPSA) is 49.6 Å². The van der Waals surface area contributed by atoms with Crippen molar-refractivity contribution in [3.63, 3.8) is 0 Å². The Morgan fingerprint density at radius 3 is 2.50 bits per heavy atom. The lowest BCUT2D eigenvalue weighted by molar-refractivity contribution is -0.130. The number of carbonyl (C=O) groups is 1. The molecule has 1 aliphatic carbocycles. The first-order valence-corrected chi connectivity index (χ1v) is 7.37. The largest absolute Gasteiger partial charge is 0.346 e. The first kappa shape index (κ1) is 15.4. The van der Waals surface area contributed by atoms with Crippen molar-refractivity contribution in [2.75, 3.05) is 33.2 Å². The molecular weight excluding hydrogens is 226 g/mol. The molecule has 4 nitrogen and oxygen atoms in total. The molecule has 0 aromatic rings. The standard InChI is InChI=1S/C14H29N3O/c1-3-17(13-7-4-5-8-13)12-9-14(18)16(2)11-6-10-15/h13H,3-12,15H2,1-2H3. The van der Waals surface area contributed by atoms with Gasteiger partial charge in [-0.05, 0) is 32.4 Å². The third kappa shape index (κ3) is 4.94. The molecule has 0 saturated heterocycles. The van der Waals surface area contributed by atoms with Gasteiger partial charge in [-0.25, -0.2) is 0 Å². The predicted octanol–water partition coefficient (Wildman–Crippen LogP) is 1.45. The molecule has 1 saturated carbocycles. The van der Waals surface area contributed by atoms with Gasteiger partial charge in [0.15, 0.2) is 0 Å². The van der Waals surface area contributed by atoms with Crippen LogP contribution in [0, 0.1) is 0 Å². The van der Waals surface area contributed by atoms with Crippen molar-refractivity contribution in [2.45, 2.75) is 51.5 Å². The highest BCUT2D eigenvalue weighted by Crippen LogP contribution is 2.23. The minimum absolute atomic E-state index is 0.250. The summed E-state index contributed by atoms with van der Waals surface area (Å²) in [5.41, 5.74) is 5.46. The van der Waals surface area contributed by atoms with Gasteiger partial charge < -0.3 is 15.5 Å². The van der Waals surface area contributed by atoms with Gasteiger partial charge in [0.2, 0.25) is 5.91 Å². The van der Waals surface area contributed by atoms with E-state index in [4.69, 9.17) is 5.73 Å². The smallest absolute Gasteiger partial charge is 0.223 e. The molecule has 0 atom stereocenters. The van der Waals surface area contributed by atoms with Crippen molar-refractivity contribution < 1.29 is 4.79 Å². The third-order valence-corrected chi connectivity index (χ3v) is 3.98. The summed E-state index contributed by atoms with van der Waals surface area (Å²) in [7, 11) is 1.88. The number of carbonyl (C=O) groups excluding carboxylic acids is 1. The van der Waals surface area contributed by atoms with E-state index < -0.39 is 0 Å². The summed E-state index contributed by atoms with van der Waals surface area (Å²) in [5.74, 6) is 0.250. The van der Waals surface area contributed by atoms with Crippen molar-refractivity contribution in [1.29, 1.82) is 0 Å². The molecule has 1 amide bonds. The van der Waals surface area contributed by atoms with Gasteiger partial charge in [-0.3, -0.25) is 4.79 Å². The number of rotatable bonds is 8. The van der Waals surface area contributed by atoms with Crippen molar-refractivity contribution >= 4 is 5.91 Å². The Balaban J connectivity index is 2.26. The van der Waals surface area contributed by atoms with Crippen LogP contribution < -0.4 is 5.73 Å². The van der Waals surface area contributed by atoms with Gasteiger partial charge in [0.05, 0.1) is 0 Å². The summed E-state index contributed by atoms with van der Waals surface area (Å²) in [6.45, 7) is 5.60. The maximum atomic E-state index is 11.9. The highest BCUT2D eigenvalue weighted by atomic mass is 16.2. The first-order chi connectivity index (χ1) is 8.69. The maximum Gasteiger partial charge on any atom is 0.223 e. The van der Waals surface area contributed by atoms with Crippen LogP contribution in [0.2, 0.25) is 0 Å². The minimum atomic E-state index is 0.250. The Labute approximate surface area is 111 Å². The highest BCUT2D eigenvalue weighted by molar-refractivity contribution is 5.76. The summed E-state index contributed by atoms with van der Waals surface area (Å²) in [6, 6.07) is 0.720. The second-order valence-electron chi connectivity index (χ2n) is 5.27. The molecular formula is C14H29N3O. The van der Waals surface area contributed by atoms with Crippen LogP contribution in [0.1, 0.15) is 45.4 Å². The molecule has 0 heterocycles. The molecule has 1 aliphatic rings. The lowest BCUT2D eigenvalue weighted by Gasteiger charge is -2.28. The molecule has 0 aromatic carbocycles. The summed E-state index contributed by atoms with van der Waals surface area (Å²) in [6.07, 6.45) is 6.86. The molecule has 0 aromatic heterocycles. The molecule has 106 valence electrons. The van der Waals surface area contributed by atoms with Gasteiger partial charge in [0.25, 0.3) is 0 Å². The summed E-state index contributed by atoms with van der Waals surface area (Å²) >= 11 is 0. The van der Waals surface area contributed by atoms with Gasteiger partial charge in [-0.1, -0.05) is 19.8 Å². The number of nitrogens with two attached hydrogens (primary N) is 1. The number of hydrogen-bond donors (Lipinski definition) is 1. The zero-order chi connectivity index (χ0) is 13.4. The van der Waals surface area contributed by atoms with E-state index in [1.54, 1.807) is 0 Å². The van der Waals surface area contributed by atoms with E-state index in [-0.39, 0.29) is 5.91 Å². The quantitative estimate of drug-likeness (QED) is 0.714. The molecule has 1 rings (SSSR count). The second-order valence-corrected chi connectivity index (χ2v) is 5.27. The summed E-state index contributed by atoms with van der Waals surface area (Å²) < 4.78 is 0. The molecule has 18 heavy (non-hydrogen) atoms. The number of nitrogens with zero attached hydrogens (tertiary/aromatic N) is 2. The average molecular weight is 255 g/mol. The normalized spacial score (nSPS) is 16.4. The monoisotopic (exact) mass is 255 g/mol. The van der Waals surface area contributed by atoms with Gasteiger partial charge in [-0.15, -0.1) is 0 Å². The molecule has 4 heteroatoms. The number of hydrogen-bond acceptors (Lipinski definition) is 3. The Bertz CT molecular complexity index is 239. The van der Waals surface area contributed by atoms with Crippen molar-refractivity contribution in [3.05, 3.63) is 0 Å². The van der Waals surface area contributed by atoms with Crippen LogP contribution in [0.3, 0.4) is 0 Å². The molecule has 0 spiro atoms. The third-order valence-electron chi connectivity index (χ3n) is 3.98. The molecule has 1 fully saturated rings.